The fraction of sp³-hybridized carbons (Fsp3) is 0.533. The van der Waals surface area contributed by atoms with E-state index >= 15 is 0 Å². The molecule has 2 heterocycles. The van der Waals surface area contributed by atoms with Crippen LogP contribution < -0.4 is 4.90 Å². The third kappa shape index (κ3) is 4.46. The predicted octanol–water partition coefficient (Wildman–Crippen LogP) is 3.19. The molecule has 1 aliphatic rings. The van der Waals surface area contributed by atoms with E-state index in [1.54, 1.807) is 0 Å². The Morgan fingerprint density at radius 1 is 1.24 bits per heavy atom. The van der Waals surface area contributed by atoms with Crippen LogP contribution in [0.15, 0.2) is 30.5 Å². The zero-order chi connectivity index (χ0) is 15.5. The lowest BCUT2D eigenvalue weighted by Crippen LogP contribution is -2.32. The van der Waals surface area contributed by atoms with Gasteiger partial charge in [0.2, 0.25) is 0 Å². The first-order valence-corrected chi connectivity index (χ1v) is 7.01. The van der Waals surface area contributed by atoms with E-state index in [0.717, 1.165) is 57.0 Å². The lowest BCUT2D eigenvalue weighted by atomic mass is 10.2. The third-order valence-corrected chi connectivity index (χ3v) is 3.48. The first-order chi connectivity index (χ1) is 9.86. The molecule has 0 aromatic carbocycles. The zero-order valence-corrected chi connectivity index (χ0v) is 12.2. The van der Waals surface area contributed by atoms with E-state index < -0.39 is 11.7 Å². The Labute approximate surface area is 123 Å². The maximum atomic E-state index is 12.5. The summed E-state index contributed by atoms with van der Waals surface area (Å²) in [6.45, 7) is 10.2. The van der Waals surface area contributed by atoms with E-state index in [1.807, 2.05) is 11.8 Å². The molecule has 0 radical (unpaired) electrons. The molecule has 1 aromatic heterocycles. The van der Waals surface area contributed by atoms with Crippen molar-refractivity contribution >= 4 is 5.82 Å². The highest BCUT2D eigenvalue weighted by molar-refractivity contribution is 5.40. The molecule has 0 spiro atoms. The number of halogens is 3. The summed E-state index contributed by atoms with van der Waals surface area (Å²) in [5, 5.41) is 0. The van der Waals surface area contributed by atoms with Gasteiger partial charge in [-0.2, -0.15) is 13.2 Å². The van der Waals surface area contributed by atoms with Crippen molar-refractivity contribution in [3.05, 3.63) is 36.0 Å². The van der Waals surface area contributed by atoms with Crippen molar-refractivity contribution in [3.63, 3.8) is 0 Å². The molecule has 2 rings (SSSR count). The van der Waals surface area contributed by atoms with Crippen LogP contribution in [0.1, 0.15) is 18.9 Å². The number of nitrogens with zero attached hydrogens (tertiary/aromatic N) is 3. The van der Waals surface area contributed by atoms with E-state index in [0.29, 0.717) is 5.82 Å². The average Bonchev–Trinajstić information content (AvgIpc) is 2.63. The van der Waals surface area contributed by atoms with E-state index in [1.165, 1.54) is 6.07 Å². The van der Waals surface area contributed by atoms with Crippen molar-refractivity contribution in [1.82, 2.24) is 9.88 Å². The van der Waals surface area contributed by atoms with Gasteiger partial charge in [0.25, 0.3) is 0 Å². The molecule has 116 valence electrons. The minimum atomic E-state index is -4.33. The first-order valence-electron chi connectivity index (χ1n) is 7.01. The summed E-state index contributed by atoms with van der Waals surface area (Å²) in [6.07, 6.45) is -2.45. The quantitative estimate of drug-likeness (QED) is 0.799. The van der Waals surface area contributed by atoms with Gasteiger partial charge < -0.3 is 4.90 Å². The summed E-state index contributed by atoms with van der Waals surface area (Å²) in [4.78, 5) is 8.32. The minimum Gasteiger partial charge on any atom is -0.355 e. The molecule has 0 bridgehead atoms. The molecular weight excluding hydrogens is 279 g/mol. The number of aromatic nitrogens is 1. The Hall–Kier alpha value is -1.56. The molecule has 1 fully saturated rings. The third-order valence-electron chi connectivity index (χ3n) is 3.48. The van der Waals surface area contributed by atoms with Gasteiger partial charge in [-0.1, -0.05) is 12.2 Å². The molecule has 21 heavy (non-hydrogen) atoms. The van der Waals surface area contributed by atoms with Gasteiger partial charge in [0.1, 0.15) is 5.82 Å². The van der Waals surface area contributed by atoms with Crippen LogP contribution in [0.2, 0.25) is 0 Å². The van der Waals surface area contributed by atoms with Crippen molar-refractivity contribution in [2.45, 2.75) is 19.5 Å². The van der Waals surface area contributed by atoms with Gasteiger partial charge in [-0.15, -0.1) is 0 Å². The predicted molar refractivity (Wildman–Crippen MR) is 77.3 cm³/mol. The van der Waals surface area contributed by atoms with Crippen LogP contribution in [-0.4, -0.2) is 42.6 Å². The maximum absolute atomic E-state index is 12.5. The molecule has 0 N–H and O–H groups in total. The van der Waals surface area contributed by atoms with Crippen LogP contribution in [0.5, 0.6) is 0 Å². The van der Waals surface area contributed by atoms with Crippen molar-refractivity contribution < 1.29 is 13.2 Å². The number of alkyl halides is 3. The smallest absolute Gasteiger partial charge is 0.355 e. The second kappa shape index (κ2) is 6.47. The summed E-state index contributed by atoms with van der Waals surface area (Å²) < 4.78 is 37.6. The van der Waals surface area contributed by atoms with E-state index in [-0.39, 0.29) is 0 Å². The molecular formula is C15H20F3N3. The normalized spacial score (nSPS) is 17.6. The van der Waals surface area contributed by atoms with Crippen LogP contribution in [0, 0.1) is 0 Å². The van der Waals surface area contributed by atoms with Gasteiger partial charge in [-0.25, -0.2) is 4.98 Å². The van der Waals surface area contributed by atoms with Gasteiger partial charge in [-0.3, -0.25) is 4.90 Å². The van der Waals surface area contributed by atoms with E-state index in [4.69, 9.17) is 0 Å². The van der Waals surface area contributed by atoms with Crippen molar-refractivity contribution in [1.29, 1.82) is 0 Å². The molecule has 0 atom stereocenters. The van der Waals surface area contributed by atoms with Gasteiger partial charge in [0.15, 0.2) is 0 Å². The lowest BCUT2D eigenvalue weighted by Gasteiger charge is -2.23. The van der Waals surface area contributed by atoms with E-state index in [2.05, 4.69) is 16.5 Å². The Morgan fingerprint density at radius 2 is 2.00 bits per heavy atom. The van der Waals surface area contributed by atoms with Crippen LogP contribution in [0.25, 0.3) is 0 Å². The van der Waals surface area contributed by atoms with Crippen LogP contribution in [-0.2, 0) is 6.18 Å². The number of hydrogen-bond donors (Lipinski definition) is 0. The second-order valence-corrected chi connectivity index (χ2v) is 5.48. The molecule has 0 saturated carbocycles. The first kappa shape index (κ1) is 15.8. The van der Waals surface area contributed by atoms with Gasteiger partial charge in [0.05, 0.1) is 5.56 Å². The Bertz CT molecular complexity index is 482. The Balaban J connectivity index is 2.00. The molecule has 3 nitrogen and oxygen atoms in total. The van der Waals surface area contributed by atoms with Gasteiger partial charge in [-0.05, 0) is 25.5 Å². The van der Waals surface area contributed by atoms with Crippen LogP contribution in [0.3, 0.4) is 0 Å². The molecule has 1 aliphatic heterocycles. The molecule has 1 saturated heterocycles. The van der Waals surface area contributed by atoms with Gasteiger partial charge in [0, 0.05) is 38.9 Å². The highest BCUT2D eigenvalue weighted by atomic mass is 19.4. The van der Waals surface area contributed by atoms with Crippen molar-refractivity contribution in [2.24, 2.45) is 0 Å². The number of hydrogen-bond acceptors (Lipinski definition) is 3. The molecule has 6 heteroatoms. The summed E-state index contributed by atoms with van der Waals surface area (Å²) in [6, 6.07) is 2.55. The molecule has 0 unspecified atom stereocenters. The minimum absolute atomic E-state index is 0.611. The summed E-state index contributed by atoms with van der Waals surface area (Å²) in [5.41, 5.74) is 0.418. The number of rotatable bonds is 3. The maximum Gasteiger partial charge on any atom is 0.417 e. The second-order valence-electron chi connectivity index (χ2n) is 5.48. The summed E-state index contributed by atoms with van der Waals surface area (Å²) >= 11 is 0. The average molecular weight is 299 g/mol. The van der Waals surface area contributed by atoms with Crippen molar-refractivity contribution in [3.8, 4) is 0 Å². The van der Waals surface area contributed by atoms with Crippen LogP contribution >= 0.6 is 0 Å². The highest BCUT2D eigenvalue weighted by Gasteiger charge is 2.31. The van der Waals surface area contributed by atoms with Gasteiger partial charge >= 0.3 is 6.18 Å². The van der Waals surface area contributed by atoms with Crippen molar-refractivity contribution in [2.75, 3.05) is 37.6 Å². The fourth-order valence-electron chi connectivity index (χ4n) is 2.48. The zero-order valence-electron chi connectivity index (χ0n) is 12.2. The Kier molecular flexibility index (Phi) is 4.88. The summed E-state index contributed by atoms with van der Waals surface area (Å²) in [7, 11) is 0. The monoisotopic (exact) mass is 299 g/mol. The highest BCUT2D eigenvalue weighted by Crippen LogP contribution is 2.29. The summed E-state index contributed by atoms with van der Waals surface area (Å²) in [5.74, 6) is 0.611. The molecule has 1 aromatic rings. The number of anilines is 1. The van der Waals surface area contributed by atoms with Crippen LogP contribution in [0.4, 0.5) is 19.0 Å². The number of pyridine rings is 1. The van der Waals surface area contributed by atoms with E-state index in [9.17, 15) is 13.2 Å². The SMILES string of the molecule is C=C(C)CN1CCCN(c2ccc(C(F)(F)F)cn2)CC1. The fourth-order valence-corrected chi connectivity index (χ4v) is 2.48. The molecule has 0 amide bonds. The Morgan fingerprint density at radius 3 is 2.57 bits per heavy atom. The largest absolute Gasteiger partial charge is 0.417 e. The topological polar surface area (TPSA) is 19.4 Å². The standard InChI is InChI=1S/C15H20F3N3/c1-12(2)11-20-6-3-7-21(9-8-20)14-5-4-13(10-19-14)15(16,17)18/h4-5,10H,1,3,6-9,11H2,2H3. The molecule has 0 aliphatic carbocycles. The lowest BCUT2D eigenvalue weighted by molar-refractivity contribution is -0.137.